The van der Waals surface area contributed by atoms with E-state index in [1.165, 1.54) is 23.5 Å². The van der Waals surface area contributed by atoms with Crippen molar-refractivity contribution in [2.24, 2.45) is 0 Å². The van der Waals surface area contributed by atoms with Gasteiger partial charge in [0.15, 0.2) is 0 Å². The topological polar surface area (TPSA) is 66.8 Å². The van der Waals surface area contributed by atoms with Crippen LogP contribution in [0.3, 0.4) is 0 Å². The number of sulfonamides is 1. The molecule has 2 aromatic rings. The zero-order valence-corrected chi connectivity index (χ0v) is 14.0. The Bertz CT molecular complexity index is 714. The van der Waals surface area contributed by atoms with Crippen molar-refractivity contribution in [1.29, 1.82) is 0 Å². The van der Waals surface area contributed by atoms with Gasteiger partial charge in [0, 0.05) is 12.6 Å². The lowest BCUT2D eigenvalue weighted by atomic mass is 10.2. The summed E-state index contributed by atoms with van der Waals surface area (Å²) in [6, 6.07) is 15.0. The van der Waals surface area contributed by atoms with Gasteiger partial charge in [0.25, 0.3) is 0 Å². The number of ether oxygens (including phenoxy) is 1. The zero-order chi connectivity index (χ0) is 16.9. The maximum atomic E-state index is 12.9. The first-order valence-corrected chi connectivity index (χ1v) is 8.73. The maximum absolute atomic E-state index is 12.9. The summed E-state index contributed by atoms with van der Waals surface area (Å²) in [7, 11) is -2.19. The minimum atomic E-state index is -3.72. The molecule has 6 heteroatoms. The monoisotopic (exact) mass is 335 g/mol. The van der Waals surface area contributed by atoms with Gasteiger partial charge in [-0.1, -0.05) is 30.3 Å². The molecule has 1 atom stereocenters. The third kappa shape index (κ3) is 4.10. The van der Waals surface area contributed by atoms with Crippen LogP contribution in [0.25, 0.3) is 0 Å². The molecule has 0 amide bonds. The van der Waals surface area contributed by atoms with Crippen molar-refractivity contribution in [2.45, 2.75) is 24.4 Å². The molecule has 0 saturated heterocycles. The second-order valence-corrected chi connectivity index (χ2v) is 7.13. The van der Waals surface area contributed by atoms with Gasteiger partial charge in [-0.3, -0.25) is 0 Å². The van der Waals surface area contributed by atoms with Crippen molar-refractivity contribution in [3.8, 4) is 5.75 Å². The average Bonchev–Trinajstić information content (AvgIpc) is 2.59. The number of benzene rings is 2. The number of aliphatic hydroxyl groups excluding tert-OH is 1. The summed E-state index contributed by atoms with van der Waals surface area (Å²) < 4.78 is 32.2. The van der Waals surface area contributed by atoms with Crippen LogP contribution in [-0.2, 0) is 16.6 Å². The summed E-state index contributed by atoms with van der Waals surface area (Å²) in [5.41, 5.74) is 0.866. The third-order valence-electron chi connectivity index (χ3n) is 3.60. The van der Waals surface area contributed by atoms with E-state index < -0.39 is 16.1 Å². The largest absolute Gasteiger partial charge is 0.497 e. The summed E-state index contributed by atoms with van der Waals surface area (Å²) >= 11 is 0. The van der Waals surface area contributed by atoms with Crippen molar-refractivity contribution in [3.05, 3.63) is 60.2 Å². The lowest BCUT2D eigenvalue weighted by Crippen LogP contribution is -2.40. The maximum Gasteiger partial charge on any atom is 0.243 e. The van der Waals surface area contributed by atoms with E-state index in [4.69, 9.17) is 4.74 Å². The molecular weight excluding hydrogens is 314 g/mol. The molecule has 1 N–H and O–H groups in total. The minimum Gasteiger partial charge on any atom is -0.497 e. The number of aliphatic hydroxyl groups is 1. The minimum absolute atomic E-state index is 0.175. The van der Waals surface area contributed by atoms with Crippen LogP contribution in [-0.4, -0.2) is 37.6 Å². The van der Waals surface area contributed by atoms with Gasteiger partial charge in [0.1, 0.15) is 5.75 Å². The fraction of sp³-hybridized carbons (Fsp3) is 0.294. The molecular formula is C17H21NO4S. The van der Waals surface area contributed by atoms with Gasteiger partial charge in [0.2, 0.25) is 10.0 Å². The average molecular weight is 335 g/mol. The highest BCUT2D eigenvalue weighted by Crippen LogP contribution is 2.23. The zero-order valence-electron chi connectivity index (χ0n) is 13.2. The molecule has 0 fully saturated rings. The lowest BCUT2D eigenvalue weighted by molar-refractivity contribution is 0.194. The van der Waals surface area contributed by atoms with Crippen LogP contribution in [0, 0.1) is 0 Å². The van der Waals surface area contributed by atoms with Crippen molar-refractivity contribution < 1.29 is 18.3 Å². The van der Waals surface area contributed by atoms with Crippen molar-refractivity contribution in [1.82, 2.24) is 4.31 Å². The second kappa shape index (κ2) is 7.59. The third-order valence-corrected chi connectivity index (χ3v) is 5.58. The van der Waals surface area contributed by atoms with Crippen molar-refractivity contribution in [2.75, 3.05) is 13.7 Å². The molecule has 0 aliphatic heterocycles. The van der Waals surface area contributed by atoms with E-state index in [0.29, 0.717) is 5.75 Å². The molecule has 0 saturated carbocycles. The lowest BCUT2D eigenvalue weighted by Gasteiger charge is -2.27. The molecule has 0 aromatic heterocycles. The predicted molar refractivity (Wildman–Crippen MR) is 88.7 cm³/mol. The van der Waals surface area contributed by atoms with Crippen LogP contribution >= 0.6 is 0 Å². The number of methoxy groups -OCH3 is 1. The fourth-order valence-corrected chi connectivity index (χ4v) is 3.83. The Labute approximate surface area is 137 Å². The van der Waals surface area contributed by atoms with Gasteiger partial charge in [-0.05, 0) is 36.8 Å². The van der Waals surface area contributed by atoms with E-state index in [1.54, 1.807) is 19.1 Å². The highest BCUT2D eigenvalue weighted by atomic mass is 32.2. The Morgan fingerprint density at radius 2 is 1.70 bits per heavy atom. The van der Waals surface area contributed by atoms with Gasteiger partial charge in [-0.15, -0.1) is 0 Å². The first-order chi connectivity index (χ1) is 11.0. The molecule has 0 spiro atoms. The number of hydrogen-bond acceptors (Lipinski definition) is 4. The molecule has 0 radical (unpaired) electrons. The quantitative estimate of drug-likeness (QED) is 0.843. The summed E-state index contributed by atoms with van der Waals surface area (Å²) in [4.78, 5) is 0.175. The van der Waals surface area contributed by atoms with Crippen LogP contribution < -0.4 is 4.74 Å². The molecule has 2 aromatic carbocycles. The highest BCUT2D eigenvalue weighted by molar-refractivity contribution is 7.89. The summed E-state index contributed by atoms with van der Waals surface area (Å²) in [5, 5.41) is 9.45. The van der Waals surface area contributed by atoms with E-state index >= 15 is 0 Å². The molecule has 0 bridgehead atoms. The smallest absolute Gasteiger partial charge is 0.243 e. The SMILES string of the molecule is COc1ccc(S(=O)(=O)N(Cc2ccccc2)[C@@H](C)CO)cc1. The van der Waals surface area contributed by atoms with Crippen LogP contribution in [0.2, 0.25) is 0 Å². The Morgan fingerprint density at radius 1 is 1.09 bits per heavy atom. The van der Waals surface area contributed by atoms with E-state index in [0.717, 1.165) is 5.56 Å². The first-order valence-electron chi connectivity index (χ1n) is 7.29. The predicted octanol–water partition coefficient (Wildman–Crippen LogP) is 2.27. The van der Waals surface area contributed by atoms with E-state index in [9.17, 15) is 13.5 Å². The normalized spacial score (nSPS) is 13.0. The Morgan fingerprint density at radius 3 is 2.22 bits per heavy atom. The van der Waals surface area contributed by atoms with Gasteiger partial charge >= 0.3 is 0 Å². The fourth-order valence-electron chi connectivity index (χ4n) is 2.22. The summed E-state index contributed by atoms with van der Waals surface area (Å²) in [6.07, 6.45) is 0. The standard InChI is InChI=1S/C17H21NO4S/c1-14(13-19)18(12-15-6-4-3-5-7-15)23(20,21)17-10-8-16(22-2)9-11-17/h3-11,14,19H,12-13H2,1-2H3/t14-/m0/s1. The summed E-state index contributed by atoms with van der Waals surface area (Å²) in [5.74, 6) is 0.591. The Kier molecular flexibility index (Phi) is 5.76. The van der Waals surface area contributed by atoms with Crippen LogP contribution in [0.1, 0.15) is 12.5 Å². The second-order valence-electron chi connectivity index (χ2n) is 5.24. The van der Waals surface area contributed by atoms with Gasteiger partial charge < -0.3 is 9.84 Å². The number of rotatable bonds is 7. The van der Waals surface area contributed by atoms with Gasteiger partial charge in [0.05, 0.1) is 18.6 Å². The molecule has 0 heterocycles. The van der Waals surface area contributed by atoms with E-state index in [-0.39, 0.29) is 18.0 Å². The van der Waals surface area contributed by atoms with Gasteiger partial charge in [-0.2, -0.15) is 4.31 Å². The molecule has 0 aliphatic rings. The molecule has 2 rings (SSSR count). The van der Waals surface area contributed by atoms with E-state index in [2.05, 4.69) is 0 Å². The Hall–Kier alpha value is -1.89. The molecule has 5 nitrogen and oxygen atoms in total. The number of hydrogen-bond donors (Lipinski definition) is 1. The van der Waals surface area contributed by atoms with Crippen LogP contribution in [0.15, 0.2) is 59.5 Å². The first kappa shape index (κ1) is 17.5. The summed E-state index contributed by atoms with van der Waals surface area (Å²) in [6.45, 7) is 1.64. The van der Waals surface area contributed by atoms with E-state index in [1.807, 2.05) is 30.3 Å². The molecule has 0 aliphatic carbocycles. The molecule has 23 heavy (non-hydrogen) atoms. The molecule has 0 unspecified atom stereocenters. The number of nitrogens with zero attached hydrogens (tertiary/aromatic N) is 1. The van der Waals surface area contributed by atoms with Crippen molar-refractivity contribution in [3.63, 3.8) is 0 Å². The van der Waals surface area contributed by atoms with Gasteiger partial charge in [-0.25, -0.2) is 8.42 Å². The van der Waals surface area contributed by atoms with Crippen LogP contribution in [0.5, 0.6) is 5.75 Å². The Balaban J connectivity index is 2.36. The highest BCUT2D eigenvalue weighted by Gasteiger charge is 2.28. The molecule has 124 valence electrons. The van der Waals surface area contributed by atoms with Crippen molar-refractivity contribution >= 4 is 10.0 Å². The van der Waals surface area contributed by atoms with Crippen LogP contribution in [0.4, 0.5) is 0 Å².